The Labute approximate surface area is 431 Å². The maximum absolute atomic E-state index is 12.6. The minimum Gasteiger partial charge on any atom is -0.394 e. The Balaban J connectivity index is 1.19. The van der Waals surface area contributed by atoms with Crippen molar-refractivity contribution in [1.82, 2.24) is 16.0 Å². The van der Waals surface area contributed by atoms with Crippen molar-refractivity contribution in [3.05, 3.63) is 0 Å². The topological polar surface area (TPSA) is 533 Å². The summed E-state index contributed by atoms with van der Waals surface area (Å²) in [6.45, 7) is -2.45. The minimum absolute atomic E-state index is 0.737. The van der Waals surface area contributed by atoms with Crippen molar-refractivity contribution in [2.45, 2.75) is 205 Å². The Morgan fingerprint density at radius 3 is 1.20 bits per heavy atom. The molecule has 34 heteroatoms. The Morgan fingerprint density at radius 1 is 0.342 bits per heavy atom. The molecule has 0 aromatic rings. The molecule has 6 saturated heterocycles. The Kier molecular flexibility index (Phi) is 22.3. The van der Waals surface area contributed by atoms with E-state index in [9.17, 15) is 101 Å². The average molecular weight is 1110 g/mol. The predicted octanol–water partition coefficient (Wildman–Crippen LogP) is -13.7. The Hall–Kier alpha value is -2.71. The molecular weight excluding hydrogens is 1040 g/mol. The number of aliphatic hydroxyl groups excluding tert-OH is 17. The highest BCUT2D eigenvalue weighted by atomic mass is 16.8. The standard InChI is InChI=1S/C42H71N3O31/c1-10(51)43-19-27(59)33(17(8-50)71-39(19)76-36-26(58)16(7-49)70-42(32(36)64)74-34-20(44-11(2)52)37(65)67-14(5-47)24(34)56)73-41-31(63)29(61)23(55)18(72-41)9-66-38-21(45-12(3)53)35(25(57)15(6-48)68-38)75-40-30(62)28(60)22(54)13(4-46)69-40/h13-42,46-50,54-65H,4-9H2,1-3H3,(H,43,51)(H,44,52)(H,45,53)/t13-,14-,15-,16-,17-,18-,19-,20-,21-,22+,23+,24+,25-,26+,27-,28+,29+,30-,31-,32-,33-,34-,35-,36+,37?,38-,39+,40+,41+,42+/m1/s1. The third-order valence-corrected chi connectivity index (χ3v) is 13.6. The fourth-order valence-corrected chi connectivity index (χ4v) is 9.62. The zero-order valence-electron chi connectivity index (χ0n) is 40.9. The van der Waals surface area contributed by atoms with Crippen molar-refractivity contribution in [3.63, 3.8) is 0 Å². The summed E-state index contributed by atoms with van der Waals surface area (Å²) in [5, 5.41) is 189. The molecule has 0 saturated carbocycles. The van der Waals surface area contributed by atoms with Gasteiger partial charge < -0.3 is 155 Å². The summed E-state index contributed by atoms with van der Waals surface area (Å²) in [5.41, 5.74) is 0. The average Bonchev–Trinajstić information content (AvgIpc) is 3.37. The third-order valence-electron chi connectivity index (χ3n) is 13.6. The van der Waals surface area contributed by atoms with Gasteiger partial charge in [-0.3, -0.25) is 14.4 Å². The minimum atomic E-state index is -2.16. The molecule has 76 heavy (non-hydrogen) atoms. The summed E-state index contributed by atoms with van der Waals surface area (Å²) in [6, 6.07) is -4.95. The second kappa shape index (κ2) is 27.2. The predicted molar refractivity (Wildman–Crippen MR) is 234 cm³/mol. The molecule has 0 aliphatic carbocycles. The largest absolute Gasteiger partial charge is 0.394 e. The first-order valence-electron chi connectivity index (χ1n) is 24.1. The van der Waals surface area contributed by atoms with E-state index in [1.807, 2.05) is 0 Å². The van der Waals surface area contributed by atoms with Crippen molar-refractivity contribution in [3.8, 4) is 0 Å². The lowest BCUT2D eigenvalue weighted by Gasteiger charge is -2.50. The Morgan fingerprint density at radius 2 is 0.697 bits per heavy atom. The molecule has 3 amide bonds. The van der Waals surface area contributed by atoms with Gasteiger partial charge in [0.05, 0.1) is 39.6 Å². The van der Waals surface area contributed by atoms with E-state index in [0.717, 1.165) is 20.8 Å². The van der Waals surface area contributed by atoms with Gasteiger partial charge in [-0.2, -0.15) is 0 Å². The molecule has 6 aliphatic rings. The van der Waals surface area contributed by atoms with Gasteiger partial charge in [-0.1, -0.05) is 0 Å². The second-order valence-electron chi connectivity index (χ2n) is 19.0. The number of rotatable bonds is 19. The molecule has 0 bridgehead atoms. The van der Waals surface area contributed by atoms with Crippen LogP contribution in [0, 0.1) is 0 Å². The molecule has 0 aromatic heterocycles. The summed E-state index contributed by atoms with van der Waals surface area (Å²) in [4.78, 5) is 37.1. The molecule has 34 nitrogen and oxygen atoms in total. The summed E-state index contributed by atoms with van der Waals surface area (Å²) < 4.78 is 62.8. The van der Waals surface area contributed by atoms with E-state index in [4.69, 9.17) is 52.1 Å². The summed E-state index contributed by atoms with van der Waals surface area (Å²) in [5.74, 6) is -2.38. The fourth-order valence-electron chi connectivity index (χ4n) is 9.62. The van der Waals surface area contributed by atoms with Crippen molar-refractivity contribution >= 4 is 17.7 Å². The van der Waals surface area contributed by atoms with Gasteiger partial charge in [0.1, 0.15) is 146 Å². The number of nitrogens with one attached hydrogen (secondary N) is 3. The Bertz CT molecular complexity index is 1870. The molecule has 0 spiro atoms. The number of hydrogen-bond acceptors (Lipinski definition) is 31. The molecule has 440 valence electrons. The van der Waals surface area contributed by atoms with Gasteiger partial charge in [0.25, 0.3) is 0 Å². The molecule has 0 radical (unpaired) electrons. The van der Waals surface area contributed by atoms with Gasteiger partial charge in [0, 0.05) is 20.8 Å². The van der Waals surface area contributed by atoms with Crippen LogP contribution in [-0.4, -0.2) is 328 Å². The fraction of sp³-hybridized carbons (Fsp3) is 0.929. The lowest BCUT2D eigenvalue weighted by atomic mass is 9.94. The number of amides is 3. The van der Waals surface area contributed by atoms with E-state index >= 15 is 0 Å². The van der Waals surface area contributed by atoms with Crippen LogP contribution in [0.4, 0.5) is 0 Å². The molecule has 30 atom stereocenters. The van der Waals surface area contributed by atoms with E-state index < -0.39 is 241 Å². The van der Waals surface area contributed by atoms with Crippen LogP contribution in [0.25, 0.3) is 0 Å². The smallest absolute Gasteiger partial charge is 0.217 e. The number of ether oxygens (including phenoxy) is 11. The van der Waals surface area contributed by atoms with Crippen LogP contribution in [0.3, 0.4) is 0 Å². The van der Waals surface area contributed by atoms with E-state index in [-0.39, 0.29) is 0 Å². The molecule has 20 N–H and O–H groups in total. The molecule has 1 unspecified atom stereocenters. The summed E-state index contributed by atoms with van der Waals surface area (Å²) >= 11 is 0. The summed E-state index contributed by atoms with van der Waals surface area (Å²) in [7, 11) is 0. The van der Waals surface area contributed by atoms with Crippen molar-refractivity contribution in [2.75, 3.05) is 39.6 Å². The molecular formula is C42H71N3O31. The molecule has 0 aromatic carbocycles. The van der Waals surface area contributed by atoms with Gasteiger partial charge in [-0.05, 0) is 0 Å². The van der Waals surface area contributed by atoms with Crippen LogP contribution in [0.5, 0.6) is 0 Å². The van der Waals surface area contributed by atoms with Crippen LogP contribution in [0.15, 0.2) is 0 Å². The van der Waals surface area contributed by atoms with Gasteiger partial charge in [-0.15, -0.1) is 0 Å². The highest BCUT2D eigenvalue weighted by Gasteiger charge is 2.57. The van der Waals surface area contributed by atoms with Crippen molar-refractivity contribution in [1.29, 1.82) is 0 Å². The quantitative estimate of drug-likeness (QED) is 0.0571. The van der Waals surface area contributed by atoms with Crippen LogP contribution in [0.1, 0.15) is 20.8 Å². The van der Waals surface area contributed by atoms with Gasteiger partial charge >= 0.3 is 0 Å². The SMILES string of the molecule is CC(=O)N[C@H]1[C@H](O[C@H]2[C@@H](O)[C@@H](CO)O[C@@H](O[C@H]3[C@@H](O)[C@@H](CO)OC(O)[C@@H]3NC(C)=O)[C@@H]2O)O[C@H](CO)[C@@H](O[C@@H]2O[C@H](CO[C@@H]3O[C@H](CO)[C@@H](O)[C@H](O[C@@H]4O[C@H](CO)[C@H](O)[C@H](O)[C@H]4O)[C@H]3NC(C)=O)[C@H](O)[C@H](O)[C@H]2O)[C@@H]1O. The van der Waals surface area contributed by atoms with E-state index in [1.165, 1.54) is 0 Å². The molecule has 6 fully saturated rings. The first kappa shape index (κ1) is 62.5. The highest BCUT2D eigenvalue weighted by Crippen LogP contribution is 2.36. The van der Waals surface area contributed by atoms with Gasteiger partial charge in [-0.25, -0.2) is 0 Å². The van der Waals surface area contributed by atoms with Crippen LogP contribution >= 0.6 is 0 Å². The zero-order chi connectivity index (χ0) is 56.2. The van der Waals surface area contributed by atoms with E-state index in [0.29, 0.717) is 0 Å². The van der Waals surface area contributed by atoms with Crippen LogP contribution < -0.4 is 16.0 Å². The number of aliphatic hydroxyl groups is 17. The lowest BCUT2D eigenvalue weighted by molar-refractivity contribution is -0.377. The zero-order valence-corrected chi connectivity index (χ0v) is 40.9. The number of carbonyl (C=O) groups excluding carboxylic acids is 3. The van der Waals surface area contributed by atoms with Crippen molar-refractivity contribution < 1.29 is 153 Å². The second-order valence-corrected chi connectivity index (χ2v) is 19.0. The maximum atomic E-state index is 12.6. The normalized spacial score (nSPS) is 48.2. The monoisotopic (exact) mass is 1110 g/mol. The summed E-state index contributed by atoms with van der Waals surface area (Å²) in [6.07, 6.45) is -50.5. The van der Waals surface area contributed by atoms with Crippen LogP contribution in [-0.2, 0) is 66.5 Å². The molecule has 6 aliphatic heterocycles. The third kappa shape index (κ3) is 13.7. The highest BCUT2D eigenvalue weighted by molar-refractivity contribution is 5.74. The van der Waals surface area contributed by atoms with Crippen molar-refractivity contribution in [2.24, 2.45) is 0 Å². The van der Waals surface area contributed by atoms with Crippen LogP contribution in [0.2, 0.25) is 0 Å². The lowest BCUT2D eigenvalue weighted by Crippen LogP contribution is -2.70. The van der Waals surface area contributed by atoms with Gasteiger partial charge in [0.2, 0.25) is 17.7 Å². The van der Waals surface area contributed by atoms with Gasteiger partial charge in [0.15, 0.2) is 37.7 Å². The number of carbonyl (C=O) groups is 3. The molecule has 6 rings (SSSR count). The van der Waals surface area contributed by atoms with E-state index in [1.54, 1.807) is 0 Å². The maximum Gasteiger partial charge on any atom is 0.217 e. The van der Waals surface area contributed by atoms with E-state index in [2.05, 4.69) is 16.0 Å². The first-order valence-corrected chi connectivity index (χ1v) is 24.1. The number of hydrogen-bond donors (Lipinski definition) is 20. The molecule has 6 heterocycles. The first-order chi connectivity index (χ1) is 35.9.